The predicted molar refractivity (Wildman–Crippen MR) is 98.1 cm³/mol. The van der Waals surface area contributed by atoms with Gasteiger partial charge in [-0.05, 0) is 37.3 Å². The van der Waals surface area contributed by atoms with Crippen molar-refractivity contribution in [3.8, 4) is 5.69 Å². The van der Waals surface area contributed by atoms with Crippen LogP contribution in [0.2, 0.25) is 10.2 Å². The molecule has 9 heteroatoms. The molecule has 3 aromatic rings. The molecule has 0 aliphatic carbocycles. The molecule has 0 aliphatic rings. The molecule has 24 heavy (non-hydrogen) atoms. The molecule has 0 atom stereocenters. The highest BCUT2D eigenvalue weighted by Crippen LogP contribution is 2.23. The summed E-state index contributed by atoms with van der Waals surface area (Å²) in [6.07, 6.45) is 2.34. The minimum absolute atomic E-state index is 0.430. The zero-order valence-corrected chi connectivity index (χ0v) is 15.3. The Morgan fingerprint density at radius 3 is 2.88 bits per heavy atom. The summed E-state index contributed by atoms with van der Waals surface area (Å²) in [4.78, 5) is 0. The molecule has 6 nitrogen and oxygen atoms in total. The van der Waals surface area contributed by atoms with Crippen LogP contribution in [-0.2, 0) is 6.42 Å². The van der Waals surface area contributed by atoms with Gasteiger partial charge in [-0.3, -0.25) is 5.10 Å². The molecule has 0 spiro atoms. The molecule has 1 N–H and O–H groups in total. The van der Waals surface area contributed by atoms with Gasteiger partial charge < -0.3 is 0 Å². The van der Waals surface area contributed by atoms with Crippen LogP contribution in [0.25, 0.3) is 5.69 Å². The second-order valence-corrected chi connectivity index (χ2v) is 6.22. The van der Waals surface area contributed by atoms with Crippen LogP contribution in [0, 0.1) is 11.7 Å². The fourth-order valence-electron chi connectivity index (χ4n) is 2.22. The number of benzene rings is 1. The smallest absolute Gasteiger partial charge is 0.216 e. The summed E-state index contributed by atoms with van der Waals surface area (Å²) in [5.74, 6) is 0.743. The van der Waals surface area contributed by atoms with E-state index in [9.17, 15) is 0 Å². The molecule has 0 aliphatic heterocycles. The molecule has 0 bridgehead atoms. The van der Waals surface area contributed by atoms with Crippen LogP contribution >= 0.6 is 35.4 Å². The standard InChI is InChI=1S/C15H14Cl2N6S/c1-3-13-19-20-15(24)23(13)18-8-12-9(2)21-22(14(12)17)11-6-4-5-10(16)7-11/h4-8H,3H2,1-2H3,(H,20,24)/b18-8-. The van der Waals surface area contributed by atoms with E-state index >= 15 is 0 Å². The van der Waals surface area contributed by atoms with Crippen molar-refractivity contribution in [2.75, 3.05) is 0 Å². The molecule has 0 radical (unpaired) electrons. The number of nitrogens with zero attached hydrogens (tertiary/aromatic N) is 5. The van der Waals surface area contributed by atoms with Crippen molar-refractivity contribution in [3.63, 3.8) is 0 Å². The van der Waals surface area contributed by atoms with Gasteiger partial charge in [0.1, 0.15) is 5.15 Å². The summed E-state index contributed by atoms with van der Waals surface area (Å²) in [7, 11) is 0. The number of hydrogen-bond donors (Lipinski definition) is 1. The highest BCUT2D eigenvalue weighted by Gasteiger charge is 2.14. The van der Waals surface area contributed by atoms with Crippen molar-refractivity contribution in [3.05, 3.63) is 56.3 Å². The lowest BCUT2D eigenvalue weighted by molar-refractivity contribution is 0.780. The van der Waals surface area contributed by atoms with Crippen molar-refractivity contribution in [2.45, 2.75) is 20.3 Å². The predicted octanol–water partition coefficient (Wildman–Crippen LogP) is 4.19. The highest BCUT2D eigenvalue weighted by molar-refractivity contribution is 7.71. The lowest BCUT2D eigenvalue weighted by Gasteiger charge is -2.03. The Bertz CT molecular complexity index is 969. The summed E-state index contributed by atoms with van der Waals surface area (Å²) in [6.45, 7) is 3.84. The third-order valence-electron chi connectivity index (χ3n) is 3.44. The van der Waals surface area contributed by atoms with E-state index in [-0.39, 0.29) is 0 Å². The first kappa shape index (κ1) is 16.9. The van der Waals surface area contributed by atoms with Gasteiger partial charge in [0, 0.05) is 11.4 Å². The van der Waals surface area contributed by atoms with E-state index in [1.165, 1.54) is 0 Å². The molecule has 3 rings (SSSR count). The Kier molecular flexibility index (Phi) is 4.84. The molecule has 2 heterocycles. The van der Waals surface area contributed by atoms with Gasteiger partial charge >= 0.3 is 0 Å². The topological polar surface area (TPSA) is 63.8 Å². The van der Waals surface area contributed by atoms with Gasteiger partial charge in [0.05, 0.1) is 23.2 Å². The number of H-pyrrole nitrogens is 1. The Hall–Kier alpha value is -1.96. The molecule has 2 aromatic heterocycles. The minimum atomic E-state index is 0.430. The van der Waals surface area contributed by atoms with Crippen molar-refractivity contribution in [1.82, 2.24) is 24.7 Å². The second kappa shape index (κ2) is 6.88. The summed E-state index contributed by atoms with van der Waals surface area (Å²) in [6, 6.07) is 7.32. The number of rotatable bonds is 4. The SMILES string of the molecule is CCc1n[nH]c(=S)n1/N=C\c1c(C)nn(-c2cccc(Cl)c2)c1Cl. The number of aromatic nitrogens is 5. The van der Waals surface area contributed by atoms with Gasteiger partial charge in [0.2, 0.25) is 4.77 Å². The van der Waals surface area contributed by atoms with Gasteiger partial charge in [-0.25, -0.2) is 4.68 Å². The average Bonchev–Trinajstić information content (AvgIpc) is 3.05. The lowest BCUT2D eigenvalue weighted by atomic mass is 10.3. The molecular weight excluding hydrogens is 367 g/mol. The van der Waals surface area contributed by atoms with Crippen LogP contribution in [0.15, 0.2) is 29.4 Å². The zero-order valence-electron chi connectivity index (χ0n) is 13.0. The monoisotopic (exact) mass is 380 g/mol. The van der Waals surface area contributed by atoms with E-state index in [0.717, 1.165) is 17.2 Å². The highest BCUT2D eigenvalue weighted by atomic mass is 35.5. The maximum absolute atomic E-state index is 6.48. The van der Waals surface area contributed by atoms with Gasteiger partial charge in [-0.1, -0.05) is 36.2 Å². The Labute approximate surface area is 153 Å². The number of hydrogen-bond acceptors (Lipinski definition) is 4. The molecular formula is C15H14Cl2N6S. The summed E-state index contributed by atoms with van der Waals surface area (Å²) in [5.41, 5.74) is 2.24. The van der Waals surface area contributed by atoms with Crippen molar-refractivity contribution in [1.29, 1.82) is 0 Å². The van der Waals surface area contributed by atoms with Gasteiger partial charge in [-0.15, -0.1) is 0 Å². The van der Waals surface area contributed by atoms with E-state index in [0.29, 0.717) is 26.9 Å². The quantitative estimate of drug-likeness (QED) is 0.545. The summed E-state index contributed by atoms with van der Waals surface area (Å²) >= 11 is 17.7. The Balaban J connectivity index is 2.02. The number of aromatic amines is 1. The molecule has 124 valence electrons. The van der Waals surface area contributed by atoms with Crippen LogP contribution < -0.4 is 0 Å². The maximum atomic E-state index is 6.48. The van der Waals surface area contributed by atoms with Gasteiger partial charge in [0.25, 0.3) is 0 Å². The van der Waals surface area contributed by atoms with E-state index in [4.69, 9.17) is 35.4 Å². The molecule has 0 saturated carbocycles. The van der Waals surface area contributed by atoms with E-state index in [1.54, 1.807) is 27.7 Å². The van der Waals surface area contributed by atoms with Crippen LogP contribution in [-0.4, -0.2) is 30.9 Å². The first-order valence-electron chi connectivity index (χ1n) is 7.23. The lowest BCUT2D eigenvalue weighted by Crippen LogP contribution is -1.98. The third kappa shape index (κ3) is 3.15. The first-order chi connectivity index (χ1) is 11.5. The van der Waals surface area contributed by atoms with E-state index < -0.39 is 0 Å². The number of nitrogens with one attached hydrogen (secondary N) is 1. The van der Waals surface area contributed by atoms with Crippen LogP contribution in [0.3, 0.4) is 0 Å². The van der Waals surface area contributed by atoms with Crippen molar-refractivity contribution in [2.24, 2.45) is 5.10 Å². The van der Waals surface area contributed by atoms with Crippen LogP contribution in [0.4, 0.5) is 0 Å². The fourth-order valence-corrected chi connectivity index (χ4v) is 2.93. The number of halogens is 2. The average molecular weight is 381 g/mol. The van der Waals surface area contributed by atoms with Crippen LogP contribution in [0.1, 0.15) is 24.0 Å². The van der Waals surface area contributed by atoms with Gasteiger partial charge in [0.15, 0.2) is 5.82 Å². The minimum Gasteiger partial charge on any atom is -0.250 e. The zero-order chi connectivity index (χ0) is 17.3. The maximum Gasteiger partial charge on any atom is 0.216 e. The summed E-state index contributed by atoms with van der Waals surface area (Å²) < 4.78 is 3.63. The van der Waals surface area contributed by atoms with Crippen LogP contribution in [0.5, 0.6) is 0 Å². The molecule has 0 saturated heterocycles. The van der Waals surface area contributed by atoms with E-state index in [1.807, 2.05) is 26.0 Å². The normalized spacial score (nSPS) is 11.5. The summed E-state index contributed by atoms with van der Waals surface area (Å²) in [5, 5.41) is 16.8. The Morgan fingerprint density at radius 2 is 2.17 bits per heavy atom. The van der Waals surface area contributed by atoms with Gasteiger partial charge in [-0.2, -0.15) is 20.0 Å². The molecule has 0 fully saturated rings. The fraction of sp³-hybridized carbons (Fsp3) is 0.200. The van der Waals surface area contributed by atoms with Crippen molar-refractivity contribution < 1.29 is 0 Å². The third-order valence-corrected chi connectivity index (χ3v) is 4.30. The molecule has 0 amide bonds. The van der Waals surface area contributed by atoms with Crippen molar-refractivity contribution >= 4 is 41.6 Å². The number of aryl methyl sites for hydroxylation is 2. The second-order valence-electron chi connectivity index (χ2n) is 5.04. The van der Waals surface area contributed by atoms with E-state index in [2.05, 4.69) is 20.4 Å². The Morgan fingerprint density at radius 1 is 1.38 bits per heavy atom. The first-order valence-corrected chi connectivity index (χ1v) is 8.39. The molecule has 1 aromatic carbocycles. The molecule has 0 unspecified atom stereocenters. The largest absolute Gasteiger partial charge is 0.250 e.